The Morgan fingerprint density at radius 1 is 1.32 bits per heavy atom. The average Bonchev–Trinajstić information content (AvgIpc) is 2.80. The topological polar surface area (TPSA) is 87.7 Å². The van der Waals surface area contributed by atoms with E-state index in [2.05, 4.69) is 10.6 Å². The number of amides is 4. The molecule has 1 saturated carbocycles. The molecule has 0 radical (unpaired) electrons. The minimum absolute atomic E-state index is 0.305. The van der Waals surface area contributed by atoms with Crippen molar-refractivity contribution in [2.24, 2.45) is 0 Å². The summed E-state index contributed by atoms with van der Waals surface area (Å²) in [5.41, 5.74) is -0.353. The molecule has 2 aliphatic rings. The molecule has 7 nitrogen and oxygen atoms in total. The molecule has 2 N–H and O–H groups in total. The Labute approximate surface area is 150 Å². The minimum atomic E-state index is -0.820. The second-order valence-electron chi connectivity index (χ2n) is 6.36. The third kappa shape index (κ3) is 3.42. The number of hydrogen-bond acceptors (Lipinski definition) is 4. The molecule has 4 amide bonds. The summed E-state index contributed by atoms with van der Waals surface area (Å²) in [6.07, 6.45) is 4.12. The molecule has 1 aliphatic carbocycles. The van der Waals surface area contributed by atoms with E-state index in [0.717, 1.165) is 24.2 Å². The predicted molar refractivity (Wildman–Crippen MR) is 92.7 cm³/mol. The van der Waals surface area contributed by atoms with Crippen LogP contribution in [0.3, 0.4) is 0 Å². The average molecular weight is 366 g/mol. The number of carbonyl (C=O) groups excluding carboxylic acids is 3. The first-order chi connectivity index (χ1) is 11.9. The van der Waals surface area contributed by atoms with E-state index in [0.29, 0.717) is 29.3 Å². The number of imide groups is 1. The van der Waals surface area contributed by atoms with Crippen LogP contribution in [-0.4, -0.2) is 41.9 Å². The molecule has 1 aromatic carbocycles. The van der Waals surface area contributed by atoms with Crippen molar-refractivity contribution in [1.29, 1.82) is 0 Å². The largest absolute Gasteiger partial charge is 0.495 e. The summed E-state index contributed by atoms with van der Waals surface area (Å²) in [6, 6.07) is 4.31. The molecule has 1 saturated heterocycles. The minimum Gasteiger partial charge on any atom is -0.495 e. The van der Waals surface area contributed by atoms with E-state index in [4.69, 9.17) is 16.3 Å². The van der Waals surface area contributed by atoms with Crippen molar-refractivity contribution < 1.29 is 19.1 Å². The lowest BCUT2D eigenvalue weighted by Crippen LogP contribution is -2.48. The maximum absolute atomic E-state index is 12.6. The normalized spacial score (nSPS) is 19.0. The Kier molecular flexibility index (Phi) is 4.85. The van der Waals surface area contributed by atoms with Crippen LogP contribution in [0.5, 0.6) is 5.75 Å². The van der Waals surface area contributed by atoms with Crippen molar-refractivity contribution >= 4 is 35.1 Å². The number of carbonyl (C=O) groups is 3. The molecule has 8 heteroatoms. The number of halogens is 1. The van der Waals surface area contributed by atoms with Crippen LogP contribution in [0.2, 0.25) is 5.02 Å². The van der Waals surface area contributed by atoms with Crippen LogP contribution in [0.25, 0.3) is 0 Å². The Balaban J connectivity index is 1.65. The quantitative estimate of drug-likeness (QED) is 0.802. The summed E-state index contributed by atoms with van der Waals surface area (Å²) < 4.78 is 5.05. The SMILES string of the molecule is COc1ccc(NC(=O)CN2C(=O)NC3(CCCCC3)C2=O)cc1Cl. The van der Waals surface area contributed by atoms with Crippen LogP contribution in [0.1, 0.15) is 32.1 Å². The maximum atomic E-state index is 12.6. The fraction of sp³-hybridized carbons (Fsp3) is 0.471. The molecular weight excluding hydrogens is 346 g/mol. The molecule has 0 atom stereocenters. The fourth-order valence-corrected chi connectivity index (χ4v) is 3.66. The molecule has 134 valence electrons. The van der Waals surface area contributed by atoms with E-state index in [1.165, 1.54) is 7.11 Å². The van der Waals surface area contributed by atoms with E-state index >= 15 is 0 Å². The number of nitrogens with one attached hydrogen (secondary N) is 2. The zero-order valence-electron chi connectivity index (χ0n) is 13.9. The number of rotatable bonds is 4. The lowest BCUT2D eigenvalue weighted by Gasteiger charge is -2.30. The van der Waals surface area contributed by atoms with Crippen LogP contribution >= 0.6 is 11.6 Å². The van der Waals surface area contributed by atoms with Gasteiger partial charge in [-0.25, -0.2) is 4.79 Å². The number of nitrogens with zero attached hydrogens (tertiary/aromatic N) is 1. The third-order valence-electron chi connectivity index (χ3n) is 4.69. The second kappa shape index (κ2) is 6.92. The number of anilines is 1. The van der Waals surface area contributed by atoms with Gasteiger partial charge in [-0.15, -0.1) is 0 Å². The van der Waals surface area contributed by atoms with Crippen LogP contribution < -0.4 is 15.4 Å². The summed E-state index contributed by atoms with van der Waals surface area (Å²) in [4.78, 5) is 38.0. The number of benzene rings is 1. The van der Waals surface area contributed by atoms with Gasteiger partial charge in [0, 0.05) is 5.69 Å². The summed E-state index contributed by atoms with van der Waals surface area (Å²) >= 11 is 6.02. The van der Waals surface area contributed by atoms with E-state index in [1.54, 1.807) is 18.2 Å². The third-order valence-corrected chi connectivity index (χ3v) is 4.99. The van der Waals surface area contributed by atoms with Crippen molar-refractivity contribution in [3.05, 3.63) is 23.2 Å². The number of ether oxygens (including phenoxy) is 1. The highest BCUT2D eigenvalue weighted by Crippen LogP contribution is 2.33. The van der Waals surface area contributed by atoms with Gasteiger partial charge in [0.2, 0.25) is 5.91 Å². The van der Waals surface area contributed by atoms with Gasteiger partial charge in [0.25, 0.3) is 5.91 Å². The van der Waals surface area contributed by atoms with Gasteiger partial charge in [-0.3, -0.25) is 14.5 Å². The lowest BCUT2D eigenvalue weighted by atomic mass is 9.82. The molecule has 1 aromatic rings. The molecule has 3 rings (SSSR count). The summed E-state index contributed by atoms with van der Waals surface area (Å²) in [5.74, 6) is -0.272. The molecule has 2 fully saturated rings. The van der Waals surface area contributed by atoms with Crippen molar-refractivity contribution in [3.8, 4) is 5.75 Å². The molecule has 25 heavy (non-hydrogen) atoms. The van der Waals surface area contributed by atoms with Crippen molar-refractivity contribution in [2.75, 3.05) is 19.0 Å². The molecule has 1 aliphatic heterocycles. The zero-order chi connectivity index (χ0) is 18.0. The maximum Gasteiger partial charge on any atom is 0.325 e. The van der Waals surface area contributed by atoms with Gasteiger partial charge in [-0.05, 0) is 31.0 Å². The van der Waals surface area contributed by atoms with Gasteiger partial charge in [-0.2, -0.15) is 0 Å². The van der Waals surface area contributed by atoms with Gasteiger partial charge in [-0.1, -0.05) is 30.9 Å². The highest BCUT2D eigenvalue weighted by Gasteiger charge is 2.51. The van der Waals surface area contributed by atoms with Gasteiger partial charge in [0.05, 0.1) is 12.1 Å². The van der Waals surface area contributed by atoms with Gasteiger partial charge >= 0.3 is 6.03 Å². The molecule has 0 aromatic heterocycles. The van der Waals surface area contributed by atoms with Crippen LogP contribution in [0.15, 0.2) is 18.2 Å². The molecule has 0 unspecified atom stereocenters. The Morgan fingerprint density at radius 2 is 2.04 bits per heavy atom. The molecule has 1 spiro atoms. The lowest BCUT2D eigenvalue weighted by molar-refractivity contribution is -0.134. The van der Waals surface area contributed by atoms with Crippen LogP contribution in [0.4, 0.5) is 10.5 Å². The predicted octanol–water partition coefficient (Wildman–Crippen LogP) is 2.54. The van der Waals surface area contributed by atoms with Crippen molar-refractivity contribution in [1.82, 2.24) is 10.2 Å². The molecular formula is C17H20ClN3O4. The van der Waals surface area contributed by atoms with Crippen molar-refractivity contribution in [2.45, 2.75) is 37.6 Å². The number of methoxy groups -OCH3 is 1. The summed E-state index contributed by atoms with van der Waals surface area (Å²) in [6.45, 7) is -0.323. The Bertz CT molecular complexity index is 716. The zero-order valence-corrected chi connectivity index (χ0v) is 14.7. The Morgan fingerprint density at radius 3 is 2.68 bits per heavy atom. The first kappa shape index (κ1) is 17.5. The monoisotopic (exact) mass is 365 g/mol. The smallest absolute Gasteiger partial charge is 0.325 e. The summed E-state index contributed by atoms with van der Waals surface area (Å²) in [7, 11) is 1.50. The first-order valence-corrected chi connectivity index (χ1v) is 8.60. The molecule has 0 bridgehead atoms. The fourth-order valence-electron chi connectivity index (χ4n) is 3.40. The van der Waals surface area contributed by atoms with Crippen LogP contribution in [0, 0.1) is 0 Å². The highest BCUT2D eigenvalue weighted by molar-refractivity contribution is 6.32. The number of urea groups is 1. The first-order valence-electron chi connectivity index (χ1n) is 8.23. The van der Waals surface area contributed by atoms with Crippen LogP contribution in [-0.2, 0) is 9.59 Å². The van der Waals surface area contributed by atoms with Gasteiger partial charge in [0.1, 0.15) is 17.8 Å². The van der Waals surface area contributed by atoms with Crippen molar-refractivity contribution in [3.63, 3.8) is 0 Å². The van der Waals surface area contributed by atoms with Gasteiger partial charge in [0.15, 0.2) is 0 Å². The van der Waals surface area contributed by atoms with Gasteiger partial charge < -0.3 is 15.4 Å². The number of hydrogen-bond donors (Lipinski definition) is 2. The van der Waals surface area contributed by atoms with E-state index in [1.807, 2.05) is 0 Å². The molecule has 1 heterocycles. The van der Waals surface area contributed by atoms with E-state index < -0.39 is 17.5 Å². The standard InChI is InChI=1S/C17H20ClN3O4/c1-25-13-6-5-11(9-12(13)18)19-14(22)10-21-15(23)17(20-16(21)24)7-3-2-4-8-17/h5-6,9H,2-4,7-8,10H2,1H3,(H,19,22)(H,20,24). The second-order valence-corrected chi connectivity index (χ2v) is 6.77. The van der Waals surface area contributed by atoms with E-state index in [9.17, 15) is 14.4 Å². The highest BCUT2D eigenvalue weighted by atomic mass is 35.5. The van der Waals surface area contributed by atoms with E-state index in [-0.39, 0.29) is 12.5 Å². The summed E-state index contributed by atoms with van der Waals surface area (Å²) in [5, 5.41) is 5.78. The Hall–Kier alpha value is -2.28.